The van der Waals surface area contributed by atoms with Gasteiger partial charge in [-0.05, 0) is 18.1 Å². The molecule has 29 heavy (non-hydrogen) atoms. The summed E-state index contributed by atoms with van der Waals surface area (Å²) in [5, 5.41) is 3.06. The first kappa shape index (κ1) is 19.2. The third kappa shape index (κ3) is 3.63. The van der Waals surface area contributed by atoms with Gasteiger partial charge in [-0.1, -0.05) is 79.7 Å². The zero-order valence-corrected chi connectivity index (χ0v) is 16.6. The van der Waals surface area contributed by atoms with Gasteiger partial charge in [-0.15, -0.1) is 0 Å². The Morgan fingerprint density at radius 2 is 1.66 bits per heavy atom. The molecular formula is C25H26N2O2. The summed E-state index contributed by atoms with van der Waals surface area (Å²) in [7, 11) is 0. The maximum absolute atomic E-state index is 13.7. The highest BCUT2D eigenvalue weighted by Crippen LogP contribution is 2.45. The van der Waals surface area contributed by atoms with Crippen LogP contribution < -0.4 is 5.32 Å². The van der Waals surface area contributed by atoms with Crippen LogP contribution in [0.25, 0.3) is 0 Å². The third-order valence-electron chi connectivity index (χ3n) is 5.80. The number of hydrogen-bond acceptors (Lipinski definition) is 3. The second-order valence-electron chi connectivity index (χ2n) is 7.59. The van der Waals surface area contributed by atoms with Crippen LogP contribution in [0.3, 0.4) is 0 Å². The molecule has 148 valence electrons. The van der Waals surface area contributed by atoms with Crippen molar-refractivity contribution in [2.24, 2.45) is 5.92 Å². The van der Waals surface area contributed by atoms with Gasteiger partial charge >= 0.3 is 0 Å². The van der Waals surface area contributed by atoms with E-state index < -0.39 is 6.04 Å². The molecule has 2 aromatic rings. The fourth-order valence-corrected chi connectivity index (χ4v) is 4.53. The van der Waals surface area contributed by atoms with Gasteiger partial charge in [0.2, 0.25) is 5.91 Å². The van der Waals surface area contributed by atoms with Crippen molar-refractivity contribution in [2.75, 3.05) is 6.54 Å². The Morgan fingerprint density at radius 3 is 2.34 bits per heavy atom. The fourth-order valence-electron chi connectivity index (χ4n) is 4.53. The summed E-state index contributed by atoms with van der Waals surface area (Å²) < 4.78 is 0. The minimum absolute atomic E-state index is 0.0194. The minimum atomic E-state index is -0.423. The summed E-state index contributed by atoms with van der Waals surface area (Å²) in [4.78, 5) is 28.9. The molecule has 0 bridgehead atoms. The summed E-state index contributed by atoms with van der Waals surface area (Å²) in [6, 6.07) is 18.8. The van der Waals surface area contributed by atoms with Crippen molar-refractivity contribution in [2.45, 2.75) is 31.3 Å². The van der Waals surface area contributed by atoms with E-state index in [4.69, 9.17) is 0 Å². The lowest BCUT2D eigenvalue weighted by Gasteiger charge is -2.29. The standard InChI is InChI=1S/C25H26N2O2/c1-2-16-26-25(29)23-21(18-11-5-3-6-12-18)22(20-15-9-10-17-27(20)23)24(28)19-13-7-4-8-14-19/h3-15,17,20-23H,2,16H2,1H3,(H,26,29). The number of nitrogens with zero attached hydrogens (tertiary/aromatic N) is 1. The monoisotopic (exact) mass is 386 g/mol. The number of benzene rings is 2. The van der Waals surface area contributed by atoms with Gasteiger partial charge in [0.05, 0.1) is 12.0 Å². The first-order valence-corrected chi connectivity index (χ1v) is 10.3. The van der Waals surface area contributed by atoms with Gasteiger partial charge in [0.1, 0.15) is 6.04 Å². The number of ketones is 1. The molecule has 1 N–H and O–H groups in total. The topological polar surface area (TPSA) is 49.4 Å². The number of allylic oxidation sites excluding steroid dienone is 2. The summed E-state index contributed by atoms with van der Waals surface area (Å²) in [5.41, 5.74) is 1.71. The van der Waals surface area contributed by atoms with Gasteiger partial charge in [0.25, 0.3) is 0 Å². The van der Waals surface area contributed by atoms with Crippen molar-refractivity contribution in [1.82, 2.24) is 10.2 Å². The highest BCUT2D eigenvalue weighted by molar-refractivity contribution is 6.00. The molecule has 0 saturated carbocycles. The molecule has 0 spiro atoms. The SMILES string of the molecule is CCCNC(=O)C1C(c2ccccc2)C(C(=O)c2ccccc2)C2C=CC=CN21. The number of hydrogen-bond donors (Lipinski definition) is 1. The molecule has 1 amide bonds. The van der Waals surface area contributed by atoms with Crippen LogP contribution in [-0.4, -0.2) is 35.2 Å². The Bertz CT molecular complexity index is 920. The van der Waals surface area contributed by atoms with Crippen molar-refractivity contribution < 1.29 is 9.59 Å². The van der Waals surface area contributed by atoms with Crippen molar-refractivity contribution in [3.05, 3.63) is 96.2 Å². The lowest BCUT2D eigenvalue weighted by molar-refractivity contribution is -0.125. The van der Waals surface area contributed by atoms with Crippen molar-refractivity contribution in [3.63, 3.8) is 0 Å². The lowest BCUT2D eigenvalue weighted by atomic mass is 9.77. The molecule has 2 heterocycles. The van der Waals surface area contributed by atoms with E-state index in [0.717, 1.165) is 12.0 Å². The molecule has 4 heteroatoms. The summed E-state index contributed by atoms with van der Waals surface area (Å²) >= 11 is 0. The predicted octanol–water partition coefficient (Wildman–Crippen LogP) is 3.93. The average Bonchev–Trinajstić information content (AvgIpc) is 3.13. The van der Waals surface area contributed by atoms with E-state index in [1.807, 2.05) is 85.9 Å². The minimum Gasteiger partial charge on any atom is -0.358 e. The lowest BCUT2D eigenvalue weighted by Crippen LogP contribution is -2.45. The van der Waals surface area contributed by atoms with Crippen LogP contribution in [0.2, 0.25) is 0 Å². The average molecular weight is 386 g/mol. The Labute approximate surface area is 171 Å². The Kier molecular flexibility index (Phi) is 5.61. The number of nitrogens with one attached hydrogen (secondary N) is 1. The number of rotatable bonds is 6. The van der Waals surface area contributed by atoms with Crippen molar-refractivity contribution in [3.8, 4) is 0 Å². The number of Topliss-reactive ketones (excluding diaryl/α,β-unsaturated/α-hetero) is 1. The molecular weight excluding hydrogens is 360 g/mol. The van der Waals surface area contributed by atoms with Gasteiger partial charge < -0.3 is 10.2 Å². The molecule has 4 unspecified atom stereocenters. The second-order valence-corrected chi connectivity index (χ2v) is 7.59. The maximum Gasteiger partial charge on any atom is 0.243 e. The van der Waals surface area contributed by atoms with Gasteiger partial charge in [0, 0.05) is 24.2 Å². The van der Waals surface area contributed by atoms with E-state index in [2.05, 4.69) is 16.3 Å². The molecule has 2 aliphatic heterocycles. The molecule has 1 saturated heterocycles. The fraction of sp³-hybridized carbons (Fsp3) is 0.280. The predicted molar refractivity (Wildman–Crippen MR) is 114 cm³/mol. The highest BCUT2D eigenvalue weighted by Gasteiger charge is 2.53. The van der Waals surface area contributed by atoms with Gasteiger partial charge in [0.15, 0.2) is 5.78 Å². The Balaban J connectivity index is 1.80. The Hall–Kier alpha value is -3.14. The third-order valence-corrected chi connectivity index (χ3v) is 5.80. The van der Waals surface area contributed by atoms with Crippen molar-refractivity contribution in [1.29, 1.82) is 0 Å². The highest BCUT2D eigenvalue weighted by atomic mass is 16.2. The molecule has 0 aliphatic carbocycles. The molecule has 2 aliphatic rings. The summed E-state index contributed by atoms with van der Waals surface area (Å²) in [6.07, 6.45) is 8.79. The number of carbonyl (C=O) groups excluding carboxylic acids is 2. The summed E-state index contributed by atoms with van der Waals surface area (Å²) in [6.45, 7) is 2.67. The van der Waals surface area contributed by atoms with Crippen LogP contribution in [0.15, 0.2) is 85.1 Å². The molecule has 1 fully saturated rings. The molecule has 4 atom stereocenters. The van der Waals surface area contributed by atoms with E-state index in [9.17, 15) is 9.59 Å². The normalized spacial score (nSPS) is 24.9. The maximum atomic E-state index is 13.7. The zero-order valence-electron chi connectivity index (χ0n) is 16.6. The van der Waals surface area contributed by atoms with Gasteiger partial charge in [-0.3, -0.25) is 9.59 Å². The van der Waals surface area contributed by atoms with E-state index >= 15 is 0 Å². The first-order valence-electron chi connectivity index (χ1n) is 10.3. The zero-order chi connectivity index (χ0) is 20.2. The van der Waals surface area contributed by atoms with E-state index in [-0.39, 0.29) is 29.6 Å². The van der Waals surface area contributed by atoms with E-state index in [1.54, 1.807) is 0 Å². The van der Waals surface area contributed by atoms with E-state index in [1.165, 1.54) is 0 Å². The molecule has 4 nitrogen and oxygen atoms in total. The van der Waals surface area contributed by atoms with Gasteiger partial charge in [-0.25, -0.2) is 0 Å². The smallest absolute Gasteiger partial charge is 0.243 e. The second kappa shape index (κ2) is 8.48. The van der Waals surface area contributed by atoms with Crippen LogP contribution >= 0.6 is 0 Å². The molecule has 4 rings (SSSR count). The Morgan fingerprint density at radius 1 is 0.966 bits per heavy atom. The van der Waals surface area contributed by atoms with Crippen LogP contribution in [-0.2, 0) is 4.79 Å². The molecule has 2 aromatic carbocycles. The van der Waals surface area contributed by atoms with Gasteiger partial charge in [-0.2, -0.15) is 0 Å². The van der Waals surface area contributed by atoms with Crippen LogP contribution in [0.1, 0.15) is 35.2 Å². The van der Waals surface area contributed by atoms with Crippen LogP contribution in [0, 0.1) is 5.92 Å². The molecule has 0 aromatic heterocycles. The van der Waals surface area contributed by atoms with Crippen LogP contribution in [0.4, 0.5) is 0 Å². The summed E-state index contributed by atoms with van der Waals surface area (Å²) in [5.74, 6) is -0.495. The first-order chi connectivity index (χ1) is 14.2. The van der Waals surface area contributed by atoms with Crippen molar-refractivity contribution >= 4 is 11.7 Å². The number of fused-ring (bicyclic) bond motifs is 1. The number of amides is 1. The van der Waals surface area contributed by atoms with E-state index in [0.29, 0.717) is 12.1 Å². The quantitative estimate of drug-likeness (QED) is 0.766. The van der Waals surface area contributed by atoms with Crippen LogP contribution in [0.5, 0.6) is 0 Å². The molecule has 0 radical (unpaired) electrons. The largest absolute Gasteiger partial charge is 0.358 e. The number of carbonyl (C=O) groups is 2.